The smallest absolute Gasteiger partial charge is 0.186 e. The van der Waals surface area contributed by atoms with Crippen molar-refractivity contribution in [2.24, 2.45) is 0 Å². The van der Waals surface area contributed by atoms with E-state index in [1.807, 2.05) is 12.1 Å². The molecular weight excluding hydrogens is 229 g/mol. The van der Waals surface area contributed by atoms with E-state index in [0.717, 1.165) is 12.8 Å². The van der Waals surface area contributed by atoms with Crippen molar-refractivity contribution in [3.63, 3.8) is 0 Å². The van der Waals surface area contributed by atoms with Crippen molar-refractivity contribution in [1.82, 2.24) is 9.97 Å². The SMILES string of the molecule is Cc1ncnc(NC2Cc3ccccc3C2)c1F. The molecule has 0 aliphatic heterocycles. The summed E-state index contributed by atoms with van der Waals surface area (Å²) < 4.78 is 13.8. The van der Waals surface area contributed by atoms with Crippen molar-refractivity contribution in [3.8, 4) is 0 Å². The molecule has 92 valence electrons. The summed E-state index contributed by atoms with van der Waals surface area (Å²) in [6.07, 6.45) is 3.22. The van der Waals surface area contributed by atoms with E-state index in [9.17, 15) is 4.39 Å². The number of fused-ring (bicyclic) bond motifs is 1. The average Bonchev–Trinajstić information content (AvgIpc) is 2.77. The minimum Gasteiger partial charge on any atom is -0.364 e. The van der Waals surface area contributed by atoms with Crippen molar-refractivity contribution in [1.29, 1.82) is 0 Å². The fraction of sp³-hybridized carbons (Fsp3) is 0.286. The Morgan fingerprint density at radius 1 is 1.17 bits per heavy atom. The summed E-state index contributed by atoms with van der Waals surface area (Å²) in [6.45, 7) is 1.64. The first-order chi connectivity index (χ1) is 8.74. The molecule has 2 aromatic rings. The predicted molar refractivity (Wildman–Crippen MR) is 68.0 cm³/mol. The molecule has 1 aliphatic carbocycles. The lowest BCUT2D eigenvalue weighted by Crippen LogP contribution is -2.21. The molecule has 1 aromatic carbocycles. The van der Waals surface area contributed by atoms with Crippen LogP contribution in [0.5, 0.6) is 0 Å². The van der Waals surface area contributed by atoms with E-state index in [0.29, 0.717) is 11.5 Å². The fourth-order valence-corrected chi connectivity index (χ4v) is 2.41. The van der Waals surface area contributed by atoms with E-state index in [2.05, 4.69) is 27.4 Å². The highest BCUT2D eigenvalue weighted by atomic mass is 19.1. The van der Waals surface area contributed by atoms with E-state index < -0.39 is 0 Å². The van der Waals surface area contributed by atoms with Crippen LogP contribution in [-0.4, -0.2) is 16.0 Å². The van der Waals surface area contributed by atoms with Crippen LogP contribution in [0.1, 0.15) is 16.8 Å². The van der Waals surface area contributed by atoms with Crippen LogP contribution in [0.2, 0.25) is 0 Å². The molecule has 0 atom stereocenters. The normalized spacial score (nSPS) is 14.6. The molecular formula is C14H14FN3. The van der Waals surface area contributed by atoms with Crippen molar-refractivity contribution in [2.75, 3.05) is 5.32 Å². The van der Waals surface area contributed by atoms with E-state index >= 15 is 0 Å². The summed E-state index contributed by atoms with van der Waals surface area (Å²) in [4.78, 5) is 7.80. The zero-order valence-electron chi connectivity index (χ0n) is 10.2. The van der Waals surface area contributed by atoms with Gasteiger partial charge >= 0.3 is 0 Å². The van der Waals surface area contributed by atoms with Crippen LogP contribution in [-0.2, 0) is 12.8 Å². The van der Waals surface area contributed by atoms with Gasteiger partial charge in [0.05, 0.1) is 5.69 Å². The first kappa shape index (κ1) is 11.1. The zero-order chi connectivity index (χ0) is 12.5. The predicted octanol–water partition coefficient (Wildman–Crippen LogP) is 2.50. The lowest BCUT2D eigenvalue weighted by molar-refractivity contribution is 0.599. The van der Waals surface area contributed by atoms with Gasteiger partial charge < -0.3 is 5.32 Å². The number of anilines is 1. The number of benzene rings is 1. The Hall–Kier alpha value is -1.97. The first-order valence-electron chi connectivity index (χ1n) is 6.04. The number of aromatic nitrogens is 2. The lowest BCUT2D eigenvalue weighted by atomic mass is 10.1. The molecule has 1 aliphatic rings. The third-order valence-electron chi connectivity index (χ3n) is 3.36. The Labute approximate surface area is 105 Å². The molecule has 0 unspecified atom stereocenters. The Bertz CT molecular complexity index is 558. The van der Waals surface area contributed by atoms with Gasteiger partial charge in [0.25, 0.3) is 0 Å². The fourth-order valence-electron chi connectivity index (χ4n) is 2.41. The molecule has 1 aromatic heterocycles. The van der Waals surface area contributed by atoms with Gasteiger partial charge in [-0.2, -0.15) is 0 Å². The number of halogens is 1. The second-order valence-corrected chi connectivity index (χ2v) is 4.64. The summed E-state index contributed by atoms with van der Waals surface area (Å²) >= 11 is 0. The molecule has 0 fully saturated rings. The molecule has 4 heteroatoms. The molecule has 0 radical (unpaired) electrons. The van der Waals surface area contributed by atoms with E-state index in [4.69, 9.17) is 0 Å². The van der Waals surface area contributed by atoms with Crippen LogP contribution in [0.15, 0.2) is 30.6 Å². The summed E-state index contributed by atoms with van der Waals surface area (Å²) in [5, 5.41) is 3.17. The maximum atomic E-state index is 13.8. The standard InChI is InChI=1S/C14H14FN3/c1-9-13(15)14(17-8-16-9)18-12-6-10-4-2-3-5-11(10)7-12/h2-5,8,12H,6-7H2,1H3,(H,16,17,18). The second-order valence-electron chi connectivity index (χ2n) is 4.64. The number of hydrogen-bond donors (Lipinski definition) is 1. The molecule has 3 rings (SSSR count). The van der Waals surface area contributed by atoms with Crippen molar-refractivity contribution in [3.05, 3.63) is 53.2 Å². The minimum absolute atomic E-state index is 0.214. The van der Waals surface area contributed by atoms with Crippen LogP contribution >= 0.6 is 0 Å². The van der Waals surface area contributed by atoms with Crippen LogP contribution in [0.25, 0.3) is 0 Å². The van der Waals surface area contributed by atoms with Gasteiger partial charge in [-0.25, -0.2) is 14.4 Å². The van der Waals surface area contributed by atoms with E-state index in [-0.39, 0.29) is 11.9 Å². The van der Waals surface area contributed by atoms with Crippen molar-refractivity contribution >= 4 is 5.82 Å². The highest BCUT2D eigenvalue weighted by Gasteiger charge is 2.22. The highest BCUT2D eigenvalue weighted by molar-refractivity contribution is 5.42. The maximum Gasteiger partial charge on any atom is 0.186 e. The Kier molecular flexibility index (Phi) is 2.70. The molecule has 18 heavy (non-hydrogen) atoms. The minimum atomic E-state index is -0.353. The Balaban J connectivity index is 1.78. The monoisotopic (exact) mass is 243 g/mol. The quantitative estimate of drug-likeness (QED) is 0.880. The number of hydrogen-bond acceptors (Lipinski definition) is 3. The molecule has 3 nitrogen and oxygen atoms in total. The topological polar surface area (TPSA) is 37.8 Å². The van der Waals surface area contributed by atoms with Crippen LogP contribution in [0.3, 0.4) is 0 Å². The summed E-state index contributed by atoms with van der Waals surface area (Å²) in [7, 11) is 0. The van der Waals surface area contributed by atoms with Gasteiger partial charge in [-0.15, -0.1) is 0 Å². The van der Waals surface area contributed by atoms with E-state index in [1.165, 1.54) is 17.5 Å². The van der Waals surface area contributed by atoms with Gasteiger partial charge in [-0.05, 0) is 30.9 Å². The molecule has 1 heterocycles. The number of nitrogens with zero attached hydrogens (tertiary/aromatic N) is 2. The van der Waals surface area contributed by atoms with Gasteiger partial charge in [-0.3, -0.25) is 0 Å². The second kappa shape index (κ2) is 4.37. The third kappa shape index (κ3) is 1.94. The van der Waals surface area contributed by atoms with Gasteiger partial charge in [0, 0.05) is 6.04 Å². The number of rotatable bonds is 2. The van der Waals surface area contributed by atoms with Crippen molar-refractivity contribution < 1.29 is 4.39 Å². The first-order valence-corrected chi connectivity index (χ1v) is 6.04. The molecule has 0 bridgehead atoms. The van der Waals surface area contributed by atoms with Gasteiger partial charge in [0.1, 0.15) is 6.33 Å². The number of nitrogens with one attached hydrogen (secondary N) is 1. The summed E-state index contributed by atoms with van der Waals surface area (Å²) in [5.41, 5.74) is 3.05. The van der Waals surface area contributed by atoms with Crippen LogP contribution in [0, 0.1) is 12.7 Å². The molecule has 0 spiro atoms. The number of aryl methyl sites for hydroxylation is 1. The van der Waals surface area contributed by atoms with Gasteiger partial charge in [0.2, 0.25) is 0 Å². The molecule has 0 amide bonds. The average molecular weight is 243 g/mol. The summed E-state index contributed by atoms with van der Waals surface area (Å²) in [5.74, 6) is -0.0474. The molecule has 1 N–H and O–H groups in total. The molecule has 0 saturated carbocycles. The van der Waals surface area contributed by atoms with E-state index in [1.54, 1.807) is 6.92 Å². The largest absolute Gasteiger partial charge is 0.364 e. The van der Waals surface area contributed by atoms with Crippen molar-refractivity contribution in [2.45, 2.75) is 25.8 Å². The highest BCUT2D eigenvalue weighted by Crippen LogP contribution is 2.24. The zero-order valence-corrected chi connectivity index (χ0v) is 10.2. The Morgan fingerprint density at radius 3 is 2.50 bits per heavy atom. The molecule has 0 saturated heterocycles. The Morgan fingerprint density at radius 2 is 1.83 bits per heavy atom. The van der Waals surface area contributed by atoms with Crippen LogP contribution < -0.4 is 5.32 Å². The maximum absolute atomic E-state index is 13.8. The summed E-state index contributed by atoms with van der Waals surface area (Å²) in [6, 6.07) is 8.54. The van der Waals surface area contributed by atoms with Gasteiger partial charge in [0.15, 0.2) is 11.6 Å². The van der Waals surface area contributed by atoms with Crippen LogP contribution in [0.4, 0.5) is 10.2 Å². The lowest BCUT2D eigenvalue weighted by Gasteiger charge is -2.13. The third-order valence-corrected chi connectivity index (χ3v) is 3.36. The van der Waals surface area contributed by atoms with Gasteiger partial charge in [-0.1, -0.05) is 24.3 Å².